The highest BCUT2D eigenvalue weighted by atomic mass is 19.1. The summed E-state index contributed by atoms with van der Waals surface area (Å²) in [7, 11) is 0. The molecule has 4 nitrogen and oxygen atoms in total. The largest absolute Gasteiger partial charge is 0.338 e. The van der Waals surface area contributed by atoms with E-state index in [4.69, 9.17) is 0 Å². The predicted octanol–water partition coefficient (Wildman–Crippen LogP) is 5.53. The zero-order chi connectivity index (χ0) is 17.8. The summed E-state index contributed by atoms with van der Waals surface area (Å²) in [5, 5.41) is 6.19. The number of aromatic nitrogens is 2. The smallest absolute Gasteiger partial charge is 0.229 e. The van der Waals surface area contributed by atoms with Crippen molar-refractivity contribution >= 4 is 23.1 Å². The molecule has 0 aliphatic rings. The van der Waals surface area contributed by atoms with Crippen LogP contribution in [0.1, 0.15) is 31.0 Å². The number of halogens is 1. The summed E-state index contributed by atoms with van der Waals surface area (Å²) in [5.74, 6) is 1.17. The van der Waals surface area contributed by atoms with Crippen molar-refractivity contribution in [2.45, 2.75) is 26.7 Å². The van der Waals surface area contributed by atoms with Crippen LogP contribution in [0.2, 0.25) is 0 Å². The fraction of sp³-hybridized carbons (Fsp3) is 0.200. The Hall–Kier alpha value is -2.95. The zero-order valence-electron chi connectivity index (χ0n) is 14.5. The van der Waals surface area contributed by atoms with Gasteiger partial charge in [0.05, 0.1) is 5.69 Å². The van der Waals surface area contributed by atoms with Gasteiger partial charge in [0, 0.05) is 17.4 Å². The first kappa shape index (κ1) is 16.9. The van der Waals surface area contributed by atoms with Crippen molar-refractivity contribution in [2.75, 3.05) is 10.6 Å². The Balaban J connectivity index is 1.80. The highest BCUT2D eigenvalue weighted by Gasteiger charge is 2.06. The van der Waals surface area contributed by atoms with Crippen LogP contribution in [0.25, 0.3) is 0 Å². The van der Waals surface area contributed by atoms with E-state index in [0.717, 1.165) is 11.4 Å². The van der Waals surface area contributed by atoms with E-state index < -0.39 is 0 Å². The molecule has 0 spiro atoms. The van der Waals surface area contributed by atoms with Gasteiger partial charge in [-0.25, -0.2) is 9.37 Å². The quantitative estimate of drug-likeness (QED) is 0.643. The molecule has 3 aromatic rings. The Morgan fingerprint density at radius 3 is 2.32 bits per heavy atom. The topological polar surface area (TPSA) is 49.8 Å². The fourth-order valence-corrected chi connectivity index (χ4v) is 2.47. The molecule has 0 saturated heterocycles. The van der Waals surface area contributed by atoms with Crippen molar-refractivity contribution in [3.8, 4) is 0 Å². The van der Waals surface area contributed by atoms with Crippen molar-refractivity contribution < 1.29 is 4.39 Å². The van der Waals surface area contributed by atoms with Crippen LogP contribution in [-0.2, 0) is 0 Å². The van der Waals surface area contributed by atoms with Crippen molar-refractivity contribution in [3.63, 3.8) is 0 Å². The number of hydrogen-bond donors (Lipinski definition) is 2. The van der Waals surface area contributed by atoms with E-state index in [1.165, 1.54) is 11.6 Å². The van der Waals surface area contributed by atoms with Gasteiger partial charge in [0.15, 0.2) is 0 Å². The minimum Gasteiger partial charge on any atom is -0.338 e. The van der Waals surface area contributed by atoms with Crippen LogP contribution in [0.4, 0.5) is 27.5 Å². The third-order valence-electron chi connectivity index (χ3n) is 3.82. The van der Waals surface area contributed by atoms with Gasteiger partial charge in [-0.1, -0.05) is 38.1 Å². The summed E-state index contributed by atoms with van der Waals surface area (Å²) < 4.78 is 13.8. The summed E-state index contributed by atoms with van der Waals surface area (Å²) in [6, 6.07) is 16.5. The number of para-hydroxylation sites is 1. The predicted molar refractivity (Wildman–Crippen MR) is 100 cm³/mol. The monoisotopic (exact) mass is 336 g/mol. The SMILES string of the molecule is Cc1cc(Nc2ccccc2F)nc(Nc2ccc(C(C)C)cc2)n1. The molecule has 0 atom stereocenters. The molecular weight excluding hydrogens is 315 g/mol. The van der Waals surface area contributed by atoms with Gasteiger partial charge in [0.25, 0.3) is 0 Å². The molecule has 3 rings (SSSR count). The third kappa shape index (κ3) is 4.32. The van der Waals surface area contributed by atoms with Gasteiger partial charge >= 0.3 is 0 Å². The lowest BCUT2D eigenvalue weighted by atomic mass is 10.0. The molecule has 0 amide bonds. The molecule has 1 heterocycles. The number of hydrogen-bond acceptors (Lipinski definition) is 4. The summed E-state index contributed by atoms with van der Waals surface area (Å²) >= 11 is 0. The second-order valence-electron chi connectivity index (χ2n) is 6.22. The summed E-state index contributed by atoms with van der Waals surface area (Å²) in [6.07, 6.45) is 0. The molecule has 0 fully saturated rings. The number of benzene rings is 2. The fourth-order valence-electron chi connectivity index (χ4n) is 2.47. The molecule has 0 unspecified atom stereocenters. The van der Waals surface area contributed by atoms with E-state index in [-0.39, 0.29) is 5.82 Å². The lowest BCUT2D eigenvalue weighted by Crippen LogP contribution is -2.03. The number of nitrogens with one attached hydrogen (secondary N) is 2. The zero-order valence-corrected chi connectivity index (χ0v) is 14.5. The first-order chi connectivity index (χ1) is 12.0. The van der Waals surface area contributed by atoms with Crippen LogP contribution in [0.3, 0.4) is 0 Å². The Kier molecular flexibility index (Phi) is 4.93. The average molecular weight is 336 g/mol. The molecule has 2 N–H and O–H groups in total. The van der Waals surface area contributed by atoms with Crippen LogP contribution in [0.15, 0.2) is 54.6 Å². The van der Waals surface area contributed by atoms with Gasteiger partial charge in [0.2, 0.25) is 5.95 Å². The minimum absolute atomic E-state index is 0.322. The highest BCUT2D eigenvalue weighted by molar-refractivity contribution is 5.60. The van der Waals surface area contributed by atoms with Crippen molar-refractivity contribution in [1.29, 1.82) is 0 Å². The van der Waals surface area contributed by atoms with Gasteiger partial charge in [-0.15, -0.1) is 0 Å². The van der Waals surface area contributed by atoms with Gasteiger partial charge < -0.3 is 10.6 Å². The Morgan fingerprint density at radius 1 is 0.920 bits per heavy atom. The lowest BCUT2D eigenvalue weighted by Gasteiger charge is -2.11. The summed E-state index contributed by atoms with van der Waals surface area (Å²) in [4.78, 5) is 8.82. The van der Waals surface area contributed by atoms with Crippen molar-refractivity contribution in [1.82, 2.24) is 9.97 Å². The van der Waals surface area contributed by atoms with Crippen LogP contribution in [-0.4, -0.2) is 9.97 Å². The van der Waals surface area contributed by atoms with Crippen LogP contribution < -0.4 is 10.6 Å². The Bertz CT molecular complexity index is 860. The summed E-state index contributed by atoms with van der Waals surface area (Å²) in [6.45, 7) is 6.20. The molecule has 0 bridgehead atoms. The maximum atomic E-state index is 13.8. The summed E-state index contributed by atoms with van der Waals surface area (Å²) in [5.41, 5.74) is 3.35. The standard InChI is InChI=1S/C20H21FN4/c1-13(2)15-8-10-16(11-9-15)23-20-22-14(3)12-19(25-20)24-18-7-5-4-6-17(18)21/h4-13H,1-3H3,(H2,22,23,24,25). The van der Waals surface area contributed by atoms with Crippen molar-refractivity contribution in [3.05, 3.63) is 71.7 Å². The van der Waals surface area contributed by atoms with Crippen LogP contribution in [0, 0.1) is 12.7 Å². The highest BCUT2D eigenvalue weighted by Crippen LogP contribution is 2.22. The first-order valence-corrected chi connectivity index (χ1v) is 8.25. The molecule has 1 aromatic heterocycles. The molecule has 5 heteroatoms. The molecule has 2 aromatic carbocycles. The molecule has 0 saturated carbocycles. The van der Waals surface area contributed by atoms with Gasteiger partial charge in [0.1, 0.15) is 11.6 Å². The number of rotatable bonds is 5. The van der Waals surface area contributed by atoms with E-state index in [9.17, 15) is 4.39 Å². The Morgan fingerprint density at radius 2 is 1.64 bits per heavy atom. The second-order valence-corrected chi connectivity index (χ2v) is 6.22. The van der Waals surface area contributed by atoms with E-state index in [2.05, 4.69) is 46.6 Å². The third-order valence-corrected chi connectivity index (χ3v) is 3.82. The van der Waals surface area contributed by atoms with Crippen LogP contribution in [0.5, 0.6) is 0 Å². The van der Waals surface area contributed by atoms with E-state index in [0.29, 0.717) is 23.4 Å². The second kappa shape index (κ2) is 7.30. The van der Waals surface area contributed by atoms with E-state index in [1.807, 2.05) is 19.1 Å². The van der Waals surface area contributed by atoms with Gasteiger partial charge in [-0.2, -0.15) is 4.98 Å². The number of nitrogens with zero attached hydrogens (tertiary/aromatic N) is 2. The maximum absolute atomic E-state index is 13.8. The molecule has 128 valence electrons. The molecular formula is C20H21FN4. The van der Waals surface area contributed by atoms with Crippen LogP contribution >= 0.6 is 0 Å². The normalized spacial score (nSPS) is 10.8. The molecule has 0 aliphatic heterocycles. The van der Waals surface area contributed by atoms with E-state index >= 15 is 0 Å². The lowest BCUT2D eigenvalue weighted by molar-refractivity contribution is 0.632. The number of aryl methyl sites for hydroxylation is 1. The van der Waals surface area contributed by atoms with Crippen molar-refractivity contribution in [2.24, 2.45) is 0 Å². The first-order valence-electron chi connectivity index (χ1n) is 8.25. The number of anilines is 4. The van der Waals surface area contributed by atoms with E-state index in [1.54, 1.807) is 24.3 Å². The van der Waals surface area contributed by atoms with Gasteiger partial charge in [-0.3, -0.25) is 0 Å². The molecule has 0 aliphatic carbocycles. The van der Waals surface area contributed by atoms with Gasteiger partial charge in [-0.05, 0) is 42.7 Å². The molecule has 25 heavy (non-hydrogen) atoms. The maximum Gasteiger partial charge on any atom is 0.229 e. The Labute approximate surface area is 147 Å². The minimum atomic E-state index is -0.322. The average Bonchev–Trinajstić information content (AvgIpc) is 2.57. The molecule has 0 radical (unpaired) electrons.